The van der Waals surface area contributed by atoms with Crippen LogP contribution in [0, 0.1) is 5.41 Å². The van der Waals surface area contributed by atoms with Crippen LogP contribution < -0.4 is 9.64 Å². The Hall–Kier alpha value is -1.85. The third-order valence-electron chi connectivity index (χ3n) is 3.37. The van der Waals surface area contributed by atoms with E-state index >= 15 is 0 Å². The summed E-state index contributed by atoms with van der Waals surface area (Å²) < 4.78 is 5.05. The van der Waals surface area contributed by atoms with Crippen molar-refractivity contribution in [3.05, 3.63) is 12.4 Å². The Balaban J connectivity index is 2.20. The second-order valence-corrected chi connectivity index (χ2v) is 4.81. The standard InChI is InChI=1S/C12H17N3O3/c1-12(11(16)17)4-3-5-15(7-12)9-6-10(18-2)14-8-13-9/h6,8H,3-5,7H2,1-2H3,(H,16,17). The number of nitrogens with zero attached hydrogens (tertiary/aromatic N) is 3. The van der Waals surface area contributed by atoms with Crippen molar-refractivity contribution in [1.29, 1.82) is 0 Å². The number of anilines is 1. The van der Waals surface area contributed by atoms with Gasteiger partial charge in [0.2, 0.25) is 5.88 Å². The number of carboxylic acids is 1. The summed E-state index contributed by atoms with van der Waals surface area (Å²) in [6.45, 7) is 3.05. The Morgan fingerprint density at radius 3 is 3.00 bits per heavy atom. The zero-order valence-electron chi connectivity index (χ0n) is 10.6. The fraction of sp³-hybridized carbons (Fsp3) is 0.583. The number of rotatable bonds is 3. The number of carbonyl (C=O) groups is 1. The van der Waals surface area contributed by atoms with E-state index in [1.165, 1.54) is 6.33 Å². The summed E-state index contributed by atoms with van der Waals surface area (Å²) in [5, 5.41) is 9.28. The summed E-state index contributed by atoms with van der Waals surface area (Å²) in [5.41, 5.74) is -0.712. The highest BCUT2D eigenvalue weighted by Crippen LogP contribution is 2.32. The largest absolute Gasteiger partial charge is 0.481 e. The first kappa shape index (κ1) is 12.6. The molecule has 18 heavy (non-hydrogen) atoms. The first-order valence-electron chi connectivity index (χ1n) is 5.89. The van der Waals surface area contributed by atoms with E-state index in [0.717, 1.165) is 13.0 Å². The number of aromatic nitrogens is 2. The first-order chi connectivity index (χ1) is 8.55. The van der Waals surface area contributed by atoms with Crippen molar-refractivity contribution in [3.63, 3.8) is 0 Å². The van der Waals surface area contributed by atoms with Crippen LogP contribution in [-0.4, -0.2) is 41.2 Å². The SMILES string of the molecule is COc1cc(N2CCCC(C)(C(=O)O)C2)ncn1. The van der Waals surface area contributed by atoms with Gasteiger partial charge in [0.05, 0.1) is 12.5 Å². The molecule has 1 N–H and O–H groups in total. The first-order valence-corrected chi connectivity index (χ1v) is 5.89. The number of ether oxygens (including phenoxy) is 1. The molecular weight excluding hydrogens is 234 g/mol. The minimum absolute atomic E-state index is 0.461. The highest BCUT2D eigenvalue weighted by molar-refractivity contribution is 5.75. The molecule has 0 aromatic carbocycles. The lowest BCUT2D eigenvalue weighted by Gasteiger charge is -2.38. The summed E-state index contributed by atoms with van der Waals surface area (Å²) in [4.78, 5) is 21.4. The average molecular weight is 251 g/mol. The van der Waals surface area contributed by atoms with E-state index in [1.54, 1.807) is 20.1 Å². The fourth-order valence-electron chi connectivity index (χ4n) is 2.22. The van der Waals surface area contributed by atoms with Crippen molar-refractivity contribution in [3.8, 4) is 5.88 Å². The lowest BCUT2D eigenvalue weighted by molar-refractivity contribution is -0.148. The fourth-order valence-corrected chi connectivity index (χ4v) is 2.22. The van der Waals surface area contributed by atoms with Gasteiger partial charge in [0.1, 0.15) is 12.1 Å². The Kier molecular flexibility index (Phi) is 3.36. The predicted molar refractivity (Wildman–Crippen MR) is 65.8 cm³/mol. The highest BCUT2D eigenvalue weighted by Gasteiger charge is 2.38. The van der Waals surface area contributed by atoms with Crippen molar-refractivity contribution in [1.82, 2.24) is 9.97 Å². The molecule has 1 aromatic heterocycles. The molecule has 0 aliphatic carbocycles. The zero-order chi connectivity index (χ0) is 13.2. The number of aliphatic carboxylic acids is 1. The van der Waals surface area contributed by atoms with Gasteiger partial charge >= 0.3 is 5.97 Å². The molecule has 0 bridgehead atoms. The van der Waals surface area contributed by atoms with Crippen LogP contribution in [0.1, 0.15) is 19.8 Å². The van der Waals surface area contributed by atoms with Gasteiger partial charge in [-0.05, 0) is 19.8 Å². The minimum Gasteiger partial charge on any atom is -0.481 e. The maximum Gasteiger partial charge on any atom is 0.311 e. The van der Waals surface area contributed by atoms with Crippen LogP contribution in [0.3, 0.4) is 0 Å². The zero-order valence-corrected chi connectivity index (χ0v) is 10.6. The summed E-state index contributed by atoms with van der Waals surface area (Å²) >= 11 is 0. The van der Waals surface area contributed by atoms with Gasteiger partial charge in [-0.15, -0.1) is 0 Å². The molecular formula is C12H17N3O3. The summed E-state index contributed by atoms with van der Waals surface area (Å²) in [6.07, 6.45) is 2.97. The van der Waals surface area contributed by atoms with E-state index in [2.05, 4.69) is 9.97 Å². The van der Waals surface area contributed by atoms with Crippen molar-refractivity contribution < 1.29 is 14.6 Å². The molecule has 1 unspecified atom stereocenters. The van der Waals surface area contributed by atoms with E-state index in [4.69, 9.17) is 4.74 Å². The molecule has 0 radical (unpaired) electrons. The number of carboxylic acid groups (broad SMARTS) is 1. The van der Waals surface area contributed by atoms with E-state index in [0.29, 0.717) is 24.7 Å². The quantitative estimate of drug-likeness (QED) is 0.869. The van der Waals surface area contributed by atoms with Crippen molar-refractivity contribution in [2.75, 3.05) is 25.1 Å². The molecule has 2 heterocycles. The summed E-state index contributed by atoms with van der Waals surface area (Å²) in [5.74, 6) is 0.449. The molecule has 0 spiro atoms. The Bertz CT molecular complexity index is 452. The van der Waals surface area contributed by atoms with Crippen LogP contribution in [0.4, 0.5) is 5.82 Å². The summed E-state index contributed by atoms with van der Waals surface area (Å²) in [7, 11) is 1.55. The van der Waals surface area contributed by atoms with Crippen LogP contribution in [0.25, 0.3) is 0 Å². The number of methoxy groups -OCH3 is 1. The van der Waals surface area contributed by atoms with E-state index in [9.17, 15) is 9.90 Å². The lowest BCUT2D eigenvalue weighted by atomic mass is 9.82. The second kappa shape index (κ2) is 4.80. The highest BCUT2D eigenvalue weighted by atomic mass is 16.5. The number of hydrogen-bond acceptors (Lipinski definition) is 5. The van der Waals surface area contributed by atoms with Gasteiger partial charge in [-0.3, -0.25) is 4.79 Å². The molecule has 98 valence electrons. The number of piperidine rings is 1. The van der Waals surface area contributed by atoms with Crippen LogP contribution >= 0.6 is 0 Å². The molecule has 1 aliphatic heterocycles. The van der Waals surface area contributed by atoms with Crippen molar-refractivity contribution >= 4 is 11.8 Å². The van der Waals surface area contributed by atoms with Gasteiger partial charge in [-0.1, -0.05) is 0 Å². The third-order valence-corrected chi connectivity index (χ3v) is 3.37. The maximum absolute atomic E-state index is 11.3. The monoisotopic (exact) mass is 251 g/mol. The van der Waals surface area contributed by atoms with E-state index in [1.807, 2.05) is 4.90 Å². The third kappa shape index (κ3) is 2.37. The minimum atomic E-state index is -0.756. The Morgan fingerprint density at radius 1 is 1.56 bits per heavy atom. The van der Waals surface area contributed by atoms with Gasteiger partial charge < -0.3 is 14.7 Å². The molecule has 1 aliphatic rings. The van der Waals surface area contributed by atoms with E-state index in [-0.39, 0.29) is 0 Å². The maximum atomic E-state index is 11.3. The molecule has 1 atom stereocenters. The lowest BCUT2D eigenvalue weighted by Crippen LogP contribution is -2.46. The van der Waals surface area contributed by atoms with Crippen molar-refractivity contribution in [2.24, 2.45) is 5.41 Å². The molecule has 6 heteroatoms. The van der Waals surface area contributed by atoms with Crippen LogP contribution in [-0.2, 0) is 4.79 Å². The van der Waals surface area contributed by atoms with Gasteiger partial charge in [0.15, 0.2) is 0 Å². The van der Waals surface area contributed by atoms with Crippen molar-refractivity contribution in [2.45, 2.75) is 19.8 Å². The topological polar surface area (TPSA) is 75.5 Å². The van der Waals surface area contributed by atoms with Gasteiger partial charge in [-0.25, -0.2) is 9.97 Å². The van der Waals surface area contributed by atoms with Crippen LogP contribution in [0.15, 0.2) is 12.4 Å². The molecule has 0 amide bonds. The smallest absolute Gasteiger partial charge is 0.311 e. The number of hydrogen-bond donors (Lipinski definition) is 1. The van der Waals surface area contributed by atoms with Gasteiger partial charge in [0.25, 0.3) is 0 Å². The average Bonchev–Trinajstić information content (AvgIpc) is 2.39. The molecule has 6 nitrogen and oxygen atoms in total. The predicted octanol–water partition coefficient (Wildman–Crippen LogP) is 1.18. The molecule has 0 saturated carbocycles. The summed E-state index contributed by atoms with van der Waals surface area (Å²) in [6, 6.07) is 1.73. The van der Waals surface area contributed by atoms with Gasteiger partial charge in [0, 0.05) is 19.2 Å². The molecule has 1 fully saturated rings. The molecule has 1 aromatic rings. The normalized spacial score (nSPS) is 23.8. The van der Waals surface area contributed by atoms with Crippen LogP contribution in [0.2, 0.25) is 0 Å². The Morgan fingerprint density at radius 2 is 2.33 bits per heavy atom. The van der Waals surface area contributed by atoms with Crippen LogP contribution in [0.5, 0.6) is 5.88 Å². The molecule has 1 saturated heterocycles. The van der Waals surface area contributed by atoms with Gasteiger partial charge in [-0.2, -0.15) is 0 Å². The van der Waals surface area contributed by atoms with E-state index < -0.39 is 11.4 Å². The Labute approximate surface area is 106 Å². The molecule has 2 rings (SSSR count). The second-order valence-electron chi connectivity index (χ2n) is 4.81.